The van der Waals surface area contributed by atoms with Gasteiger partial charge in [0.2, 0.25) is 10.0 Å². The SMILES string of the molecule is Cc1nc(N(C)S(C)(=O)=O)sc1C(=O)NCc1ccccc1. The van der Waals surface area contributed by atoms with Crippen LogP contribution in [-0.2, 0) is 16.6 Å². The third kappa shape index (κ3) is 3.83. The number of hydrogen-bond donors (Lipinski definition) is 1. The average molecular weight is 339 g/mol. The summed E-state index contributed by atoms with van der Waals surface area (Å²) in [5.41, 5.74) is 1.51. The molecule has 8 heteroatoms. The first-order chi connectivity index (χ1) is 10.3. The Labute approximate surface area is 133 Å². The third-order valence-electron chi connectivity index (χ3n) is 3.05. The van der Waals surface area contributed by atoms with Crippen molar-refractivity contribution in [3.8, 4) is 0 Å². The number of sulfonamides is 1. The topological polar surface area (TPSA) is 79.4 Å². The summed E-state index contributed by atoms with van der Waals surface area (Å²) in [6.45, 7) is 2.10. The number of carbonyl (C=O) groups is 1. The number of rotatable bonds is 5. The number of amides is 1. The summed E-state index contributed by atoms with van der Waals surface area (Å²) in [6, 6.07) is 9.55. The second-order valence-corrected chi connectivity index (χ2v) is 7.80. The number of hydrogen-bond acceptors (Lipinski definition) is 5. The van der Waals surface area contributed by atoms with Gasteiger partial charge in [-0.3, -0.25) is 4.79 Å². The molecule has 0 saturated carbocycles. The van der Waals surface area contributed by atoms with E-state index in [2.05, 4.69) is 10.3 Å². The van der Waals surface area contributed by atoms with E-state index in [0.29, 0.717) is 17.1 Å². The van der Waals surface area contributed by atoms with Crippen molar-refractivity contribution in [2.75, 3.05) is 17.6 Å². The van der Waals surface area contributed by atoms with E-state index in [1.54, 1.807) is 6.92 Å². The molecule has 1 N–H and O–H groups in total. The highest BCUT2D eigenvalue weighted by Gasteiger charge is 2.21. The van der Waals surface area contributed by atoms with Gasteiger partial charge < -0.3 is 5.32 Å². The van der Waals surface area contributed by atoms with Gasteiger partial charge in [-0.15, -0.1) is 0 Å². The van der Waals surface area contributed by atoms with E-state index in [1.165, 1.54) is 7.05 Å². The molecule has 1 heterocycles. The molecule has 6 nitrogen and oxygen atoms in total. The number of aryl methyl sites for hydroxylation is 1. The first kappa shape index (κ1) is 16.4. The molecule has 0 saturated heterocycles. The molecule has 0 radical (unpaired) electrons. The second kappa shape index (κ2) is 6.45. The van der Waals surface area contributed by atoms with Crippen LogP contribution in [0.1, 0.15) is 20.9 Å². The Morgan fingerprint density at radius 1 is 1.32 bits per heavy atom. The van der Waals surface area contributed by atoms with Crippen molar-refractivity contribution in [1.29, 1.82) is 0 Å². The monoisotopic (exact) mass is 339 g/mol. The van der Waals surface area contributed by atoms with Crippen molar-refractivity contribution < 1.29 is 13.2 Å². The molecular formula is C14H17N3O3S2. The Morgan fingerprint density at radius 3 is 2.55 bits per heavy atom. The summed E-state index contributed by atoms with van der Waals surface area (Å²) in [5, 5.41) is 3.09. The largest absolute Gasteiger partial charge is 0.347 e. The van der Waals surface area contributed by atoms with E-state index >= 15 is 0 Å². The van der Waals surface area contributed by atoms with Crippen LogP contribution in [0.4, 0.5) is 5.13 Å². The Balaban J connectivity index is 2.12. The fourth-order valence-electron chi connectivity index (χ4n) is 1.73. The van der Waals surface area contributed by atoms with Gasteiger partial charge in [0, 0.05) is 13.6 Å². The van der Waals surface area contributed by atoms with Crippen molar-refractivity contribution in [3.63, 3.8) is 0 Å². The van der Waals surface area contributed by atoms with Crippen LogP contribution >= 0.6 is 11.3 Å². The van der Waals surface area contributed by atoms with Crippen LogP contribution in [0.3, 0.4) is 0 Å². The van der Waals surface area contributed by atoms with Crippen molar-refractivity contribution in [2.24, 2.45) is 0 Å². The standard InChI is InChI=1S/C14H17N3O3S2/c1-10-12(21-14(16-10)17(2)22(3,19)20)13(18)15-9-11-7-5-4-6-8-11/h4-8H,9H2,1-3H3,(H,15,18). The van der Waals surface area contributed by atoms with Crippen molar-refractivity contribution >= 4 is 32.4 Å². The summed E-state index contributed by atoms with van der Waals surface area (Å²) in [4.78, 5) is 16.8. The fraction of sp³-hybridized carbons (Fsp3) is 0.286. The molecule has 0 bridgehead atoms. The van der Waals surface area contributed by atoms with E-state index in [-0.39, 0.29) is 11.0 Å². The van der Waals surface area contributed by atoms with Crippen molar-refractivity contribution in [2.45, 2.75) is 13.5 Å². The Bertz CT molecular complexity index is 770. The van der Waals surface area contributed by atoms with E-state index in [9.17, 15) is 13.2 Å². The predicted molar refractivity (Wildman–Crippen MR) is 87.7 cm³/mol. The number of nitrogens with one attached hydrogen (secondary N) is 1. The molecule has 0 unspecified atom stereocenters. The molecule has 2 rings (SSSR count). The van der Waals surface area contributed by atoms with Crippen molar-refractivity contribution in [1.82, 2.24) is 10.3 Å². The number of benzene rings is 1. The number of anilines is 1. The van der Waals surface area contributed by atoms with Crippen LogP contribution in [-0.4, -0.2) is 32.6 Å². The summed E-state index contributed by atoms with van der Waals surface area (Å²) in [6.07, 6.45) is 1.10. The zero-order chi connectivity index (χ0) is 16.3. The highest BCUT2D eigenvalue weighted by Crippen LogP contribution is 2.26. The molecule has 1 aromatic heterocycles. The minimum atomic E-state index is -3.39. The minimum Gasteiger partial charge on any atom is -0.347 e. The van der Waals surface area contributed by atoms with Crippen LogP contribution < -0.4 is 9.62 Å². The maximum Gasteiger partial charge on any atom is 0.263 e. The molecule has 0 aliphatic rings. The zero-order valence-electron chi connectivity index (χ0n) is 12.5. The second-order valence-electron chi connectivity index (χ2n) is 4.81. The zero-order valence-corrected chi connectivity index (χ0v) is 14.2. The number of nitrogens with zero attached hydrogens (tertiary/aromatic N) is 2. The molecule has 118 valence electrons. The first-order valence-electron chi connectivity index (χ1n) is 6.52. The molecule has 0 spiro atoms. The molecular weight excluding hydrogens is 322 g/mol. The Morgan fingerprint density at radius 2 is 1.95 bits per heavy atom. The average Bonchev–Trinajstić information content (AvgIpc) is 2.86. The molecule has 0 atom stereocenters. The Kier molecular flexibility index (Phi) is 4.82. The lowest BCUT2D eigenvalue weighted by Gasteiger charge is -2.11. The first-order valence-corrected chi connectivity index (χ1v) is 9.19. The lowest BCUT2D eigenvalue weighted by Crippen LogP contribution is -2.24. The molecule has 0 aliphatic heterocycles. The van der Waals surface area contributed by atoms with Gasteiger partial charge in [0.25, 0.3) is 5.91 Å². The van der Waals surface area contributed by atoms with Gasteiger partial charge in [-0.1, -0.05) is 41.7 Å². The molecule has 0 aliphatic carbocycles. The summed E-state index contributed by atoms with van der Waals surface area (Å²) >= 11 is 1.06. The third-order valence-corrected chi connectivity index (χ3v) is 5.57. The highest BCUT2D eigenvalue weighted by molar-refractivity contribution is 7.92. The van der Waals surface area contributed by atoms with Gasteiger partial charge in [0.1, 0.15) is 4.88 Å². The predicted octanol–water partition coefficient (Wildman–Crippen LogP) is 1.78. The summed E-state index contributed by atoms with van der Waals surface area (Å²) in [5.74, 6) is -0.257. The maximum atomic E-state index is 12.2. The number of carbonyl (C=O) groups excluding carboxylic acids is 1. The van der Waals surface area contributed by atoms with Gasteiger partial charge in [-0.25, -0.2) is 17.7 Å². The van der Waals surface area contributed by atoms with Crippen LogP contribution in [0, 0.1) is 6.92 Å². The van der Waals surface area contributed by atoms with Gasteiger partial charge in [0.15, 0.2) is 5.13 Å². The fourth-order valence-corrected chi connectivity index (χ4v) is 3.42. The summed E-state index contributed by atoms with van der Waals surface area (Å²) < 4.78 is 24.1. The number of aromatic nitrogens is 1. The van der Waals surface area contributed by atoms with E-state index in [0.717, 1.165) is 27.5 Å². The molecule has 0 fully saturated rings. The maximum absolute atomic E-state index is 12.2. The highest BCUT2D eigenvalue weighted by atomic mass is 32.2. The Hall–Kier alpha value is -1.93. The lowest BCUT2D eigenvalue weighted by molar-refractivity contribution is 0.0954. The van der Waals surface area contributed by atoms with Gasteiger partial charge in [-0.2, -0.15) is 0 Å². The van der Waals surface area contributed by atoms with Crippen LogP contribution in [0.25, 0.3) is 0 Å². The normalized spacial score (nSPS) is 11.2. The van der Waals surface area contributed by atoms with Crippen LogP contribution in [0.15, 0.2) is 30.3 Å². The van der Waals surface area contributed by atoms with Crippen LogP contribution in [0.2, 0.25) is 0 Å². The van der Waals surface area contributed by atoms with Gasteiger partial charge >= 0.3 is 0 Å². The van der Waals surface area contributed by atoms with Gasteiger partial charge in [0.05, 0.1) is 11.9 Å². The van der Waals surface area contributed by atoms with Crippen LogP contribution in [0.5, 0.6) is 0 Å². The van der Waals surface area contributed by atoms with E-state index in [1.807, 2.05) is 30.3 Å². The lowest BCUT2D eigenvalue weighted by atomic mass is 10.2. The summed E-state index contributed by atoms with van der Waals surface area (Å²) in [7, 11) is -1.97. The number of thiazole rings is 1. The molecule has 22 heavy (non-hydrogen) atoms. The van der Waals surface area contributed by atoms with E-state index in [4.69, 9.17) is 0 Å². The van der Waals surface area contributed by atoms with E-state index < -0.39 is 10.0 Å². The molecule has 1 aromatic carbocycles. The smallest absolute Gasteiger partial charge is 0.263 e. The minimum absolute atomic E-state index is 0.257. The van der Waals surface area contributed by atoms with Gasteiger partial charge in [-0.05, 0) is 12.5 Å². The molecule has 1 amide bonds. The molecule has 2 aromatic rings. The quantitative estimate of drug-likeness (QED) is 0.900. The van der Waals surface area contributed by atoms with Crippen molar-refractivity contribution in [3.05, 3.63) is 46.5 Å².